The first kappa shape index (κ1) is 34.8. The van der Waals surface area contributed by atoms with Crippen LogP contribution in [0.1, 0.15) is 0 Å². The summed E-state index contributed by atoms with van der Waals surface area (Å²) >= 11 is 1.88. The van der Waals surface area contributed by atoms with Gasteiger partial charge in [-0.3, -0.25) is 0 Å². The van der Waals surface area contributed by atoms with Crippen molar-refractivity contribution in [3.63, 3.8) is 0 Å². The fourth-order valence-corrected chi connectivity index (χ4v) is 9.65. The Balaban J connectivity index is 0.982. The van der Waals surface area contributed by atoms with E-state index in [1.807, 2.05) is 11.3 Å². The van der Waals surface area contributed by atoms with Crippen LogP contribution in [0.15, 0.2) is 231 Å². The van der Waals surface area contributed by atoms with Crippen molar-refractivity contribution in [1.82, 2.24) is 0 Å². The number of nitrogens with zero attached hydrogens (tertiary/aromatic N) is 2. The molecule has 0 N–H and O–H groups in total. The van der Waals surface area contributed by atoms with Gasteiger partial charge in [-0.25, -0.2) is 0 Å². The predicted octanol–water partition coefficient (Wildman–Crippen LogP) is 16.6. The third-order valence-corrected chi connectivity index (χ3v) is 12.5. The van der Waals surface area contributed by atoms with Gasteiger partial charge in [-0.2, -0.15) is 0 Å². The highest BCUT2D eigenvalue weighted by Crippen LogP contribution is 2.42. The Morgan fingerprint density at radius 2 is 0.712 bits per heavy atom. The monoisotopic (exact) mass is 770 g/mol. The van der Waals surface area contributed by atoms with Crippen molar-refractivity contribution in [2.75, 3.05) is 9.80 Å². The molecule has 0 unspecified atom stereocenters. The van der Waals surface area contributed by atoms with Crippen molar-refractivity contribution in [2.45, 2.75) is 0 Å². The zero-order valence-corrected chi connectivity index (χ0v) is 33.1. The van der Waals surface area contributed by atoms with Crippen LogP contribution < -0.4 is 9.80 Å². The summed E-state index contributed by atoms with van der Waals surface area (Å²) < 4.78 is 2.67. The highest BCUT2D eigenvalue weighted by Gasteiger charge is 2.18. The molecule has 0 aliphatic rings. The number of fused-ring (bicyclic) bond motifs is 6. The van der Waals surface area contributed by atoms with Gasteiger partial charge in [0, 0.05) is 54.3 Å². The number of anilines is 6. The van der Waals surface area contributed by atoms with E-state index < -0.39 is 0 Å². The number of para-hydroxylation sites is 2. The molecule has 0 fully saturated rings. The molecule has 0 amide bonds. The molecule has 11 rings (SSSR count). The van der Waals surface area contributed by atoms with Crippen LogP contribution in [-0.2, 0) is 0 Å². The summed E-state index contributed by atoms with van der Waals surface area (Å²) in [6, 6.07) is 83.5. The van der Waals surface area contributed by atoms with Crippen LogP contribution in [0.5, 0.6) is 0 Å². The minimum atomic E-state index is 1.07. The van der Waals surface area contributed by atoms with Gasteiger partial charge in [0.1, 0.15) is 0 Å². The molecule has 59 heavy (non-hydrogen) atoms. The first-order valence-electron chi connectivity index (χ1n) is 20.1. The molecule has 10 aromatic carbocycles. The molecule has 3 heteroatoms. The number of rotatable bonds is 8. The first-order chi connectivity index (χ1) is 29.2. The van der Waals surface area contributed by atoms with E-state index in [-0.39, 0.29) is 0 Å². The van der Waals surface area contributed by atoms with E-state index in [0.717, 1.165) is 34.1 Å². The van der Waals surface area contributed by atoms with E-state index in [9.17, 15) is 0 Å². The maximum Gasteiger partial charge on any atom is 0.0482 e. The lowest BCUT2D eigenvalue weighted by molar-refractivity contribution is 1.25. The number of hydrogen-bond donors (Lipinski definition) is 0. The van der Waals surface area contributed by atoms with Gasteiger partial charge in [-0.1, -0.05) is 140 Å². The zero-order chi connectivity index (χ0) is 39.1. The molecule has 0 saturated heterocycles. The van der Waals surface area contributed by atoms with Crippen LogP contribution in [0.4, 0.5) is 34.1 Å². The normalized spacial score (nSPS) is 11.4. The smallest absolute Gasteiger partial charge is 0.0482 e. The lowest BCUT2D eigenvalue weighted by Gasteiger charge is -2.29. The van der Waals surface area contributed by atoms with Crippen molar-refractivity contribution in [1.29, 1.82) is 0 Å². The van der Waals surface area contributed by atoms with Gasteiger partial charge in [0.25, 0.3) is 0 Å². The van der Waals surface area contributed by atoms with Crippen molar-refractivity contribution in [3.05, 3.63) is 231 Å². The molecule has 1 heterocycles. The lowest BCUT2D eigenvalue weighted by Crippen LogP contribution is -2.13. The summed E-state index contributed by atoms with van der Waals surface area (Å²) in [5, 5.41) is 7.79. The SMILES string of the molecule is c1ccc(-c2ccc(N(c3ccc(-c4ccc5c(ccc6cc7c(cc65)sc5ccccc57)c4)cc3)c3cccc(N(c4ccccc4)c4ccccc4)c3)cc2)cc1. The molecule has 11 aromatic rings. The van der Waals surface area contributed by atoms with E-state index in [4.69, 9.17) is 0 Å². The number of benzene rings is 10. The van der Waals surface area contributed by atoms with Crippen LogP contribution in [0, 0.1) is 0 Å². The van der Waals surface area contributed by atoms with Crippen molar-refractivity contribution in [2.24, 2.45) is 0 Å². The van der Waals surface area contributed by atoms with Crippen molar-refractivity contribution < 1.29 is 0 Å². The Morgan fingerprint density at radius 1 is 0.237 bits per heavy atom. The van der Waals surface area contributed by atoms with Gasteiger partial charge in [0.15, 0.2) is 0 Å². The standard InChI is InChI=1S/C56H38N2S/c1-4-13-39(14-5-1)40-25-30-47(31-26-40)58(50-20-12-19-49(37-50)57(45-15-6-2-7-16-45)46-17-8-3-9-18-46)48-32-27-41(28-33-48)42-29-34-51-43(35-42)23-24-44-36-54-52-21-10-11-22-55(52)59-56(54)38-53(44)51/h1-38H. The second-order valence-electron chi connectivity index (χ2n) is 15.0. The Labute approximate surface area is 348 Å². The highest BCUT2D eigenvalue weighted by atomic mass is 32.1. The van der Waals surface area contributed by atoms with E-state index in [0.29, 0.717) is 0 Å². The van der Waals surface area contributed by atoms with Gasteiger partial charge in [-0.15, -0.1) is 11.3 Å². The topological polar surface area (TPSA) is 6.48 Å². The van der Waals surface area contributed by atoms with Crippen LogP contribution in [-0.4, -0.2) is 0 Å². The average Bonchev–Trinajstić information content (AvgIpc) is 3.67. The molecule has 0 aliphatic heterocycles. The lowest BCUT2D eigenvalue weighted by atomic mass is 9.96. The Hall–Kier alpha value is -7.46. The molecule has 2 nitrogen and oxygen atoms in total. The molecule has 278 valence electrons. The molecule has 0 saturated carbocycles. The minimum absolute atomic E-state index is 1.07. The Bertz CT molecular complexity index is 3210. The maximum absolute atomic E-state index is 2.39. The fourth-order valence-electron chi connectivity index (χ4n) is 8.52. The van der Waals surface area contributed by atoms with Crippen LogP contribution >= 0.6 is 11.3 Å². The molecule has 0 atom stereocenters. The summed E-state index contributed by atoms with van der Waals surface area (Å²) in [7, 11) is 0. The van der Waals surface area contributed by atoms with Gasteiger partial charge in [0.2, 0.25) is 0 Å². The van der Waals surface area contributed by atoms with Gasteiger partial charge < -0.3 is 9.80 Å². The molecule has 0 aliphatic carbocycles. The first-order valence-corrected chi connectivity index (χ1v) is 20.9. The fraction of sp³-hybridized carbons (Fsp3) is 0. The summed E-state index contributed by atoms with van der Waals surface area (Å²) in [6.07, 6.45) is 0. The maximum atomic E-state index is 2.39. The quantitative estimate of drug-likeness (QED) is 0.142. The van der Waals surface area contributed by atoms with Crippen LogP contribution in [0.2, 0.25) is 0 Å². The molecule has 0 bridgehead atoms. The Morgan fingerprint density at radius 3 is 1.34 bits per heavy atom. The van der Waals surface area contributed by atoms with Crippen molar-refractivity contribution >= 4 is 87.2 Å². The molecule has 0 radical (unpaired) electrons. The van der Waals surface area contributed by atoms with Gasteiger partial charge >= 0.3 is 0 Å². The molecular weight excluding hydrogens is 733 g/mol. The molecule has 1 aromatic heterocycles. The van der Waals surface area contributed by atoms with Gasteiger partial charge in [-0.05, 0) is 135 Å². The van der Waals surface area contributed by atoms with E-state index in [1.54, 1.807) is 0 Å². The summed E-state index contributed by atoms with van der Waals surface area (Å²) in [5.41, 5.74) is 11.3. The average molecular weight is 771 g/mol. The van der Waals surface area contributed by atoms with Crippen LogP contribution in [0.3, 0.4) is 0 Å². The number of thiophene rings is 1. The third kappa shape index (κ3) is 6.48. The van der Waals surface area contributed by atoms with E-state index >= 15 is 0 Å². The number of hydrogen-bond acceptors (Lipinski definition) is 3. The summed E-state index contributed by atoms with van der Waals surface area (Å²) in [5.74, 6) is 0. The summed E-state index contributed by atoms with van der Waals surface area (Å²) in [6.45, 7) is 0. The Kier molecular flexibility index (Phi) is 8.72. The second-order valence-corrected chi connectivity index (χ2v) is 16.1. The third-order valence-electron chi connectivity index (χ3n) is 11.4. The largest absolute Gasteiger partial charge is 0.310 e. The van der Waals surface area contributed by atoms with Gasteiger partial charge in [0.05, 0.1) is 0 Å². The second kappa shape index (κ2) is 14.8. The minimum Gasteiger partial charge on any atom is -0.310 e. The van der Waals surface area contributed by atoms with E-state index in [1.165, 1.54) is 64.0 Å². The summed E-state index contributed by atoms with van der Waals surface area (Å²) in [4.78, 5) is 4.68. The molecular formula is C56H38N2S. The highest BCUT2D eigenvalue weighted by molar-refractivity contribution is 7.25. The zero-order valence-electron chi connectivity index (χ0n) is 32.2. The molecule has 0 spiro atoms. The predicted molar refractivity (Wildman–Crippen MR) is 255 cm³/mol. The van der Waals surface area contributed by atoms with Crippen molar-refractivity contribution in [3.8, 4) is 22.3 Å². The van der Waals surface area contributed by atoms with E-state index in [2.05, 4.69) is 240 Å². The van der Waals surface area contributed by atoms with Crippen LogP contribution in [0.25, 0.3) is 64.0 Å².